The third kappa shape index (κ3) is 3.87. The van der Waals surface area contributed by atoms with Gasteiger partial charge in [-0.25, -0.2) is 0 Å². The highest BCUT2D eigenvalue weighted by molar-refractivity contribution is 8.00. The maximum Gasteiger partial charge on any atom is 0.152 e. The minimum Gasteiger partial charge on any atom is -0.298 e. The third-order valence-corrected chi connectivity index (χ3v) is 4.03. The van der Waals surface area contributed by atoms with Crippen molar-refractivity contribution < 1.29 is 4.79 Å². The lowest BCUT2D eigenvalue weighted by atomic mass is 10.2. The van der Waals surface area contributed by atoms with Crippen molar-refractivity contribution in [3.05, 3.63) is 23.8 Å². The first-order valence-electron chi connectivity index (χ1n) is 5.46. The predicted octanol–water partition coefficient (Wildman–Crippen LogP) is 4.50. The maximum atomic E-state index is 11.2. The summed E-state index contributed by atoms with van der Waals surface area (Å²) in [6.07, 6.45) is 0.982. The van der Waals surface area contributed by atoms with Gasteiger partial charge in [-0.05, 0) is 12.1 Å². The van der Waals surface area contributed by atoms with Crippen LogP contribution in [0.4, 0.5) is 0 Å². The largest absolute Gasteiger partial charge is 0.298 e. The summed E-state index contributed by atoms with van der Waals surface area (Å²) in [4.78, 5) is 13.4. The summed E-state index contributed by atoms with van der Waals surface area (Å²) in [5.41, 5.74) is 0.847. The lowest BCUT2D eigenvalue weighted by Gasteiger charge is -2.12. The molecule has 0 aliphatic carbocycles. The number of thioether (sulfide) groups is 2. The Hall–Kier alpha value is -0.410. The van der Waals surface area contributed by atoms with Crippen LogP contribution in [0.25, 0.3) is 0 Å². The van der Waals surface area contributed by atoms with Gasteiger partial charge < -0.3 is 0 Å². The van der Waals surface area contributed by atoms with Crippen molar-refractivity contribution in [2.75, 3.05) is 0 Å². The van der Waals surface area contributed by atoms with Crippen LogP contribution in [0.3, 0.4) is 0 Å². The number of hydrogen-bond acceptors (Lipinski definition) is 3. The number of rotatable bonds is 5. The van der Waals surface area contributed by atoms with E-state index in [1.165, 1.54) is 0 Å². The Labute approximate surface area is 106 Å². The first-order valence-corrected chi connectivity index (χ1v) is 7.22. The lowest BCUT2D eigenvalue weighted by molar-refractivity contribution is 0.111. The van der Waals surface area contributed by atoms with E-state index in [4.69, 9.17) is 0 Å². The molecule has 0 aliphatic heterocycles. The number of aldehydes is 1. The molecule has 0 bridgehead atoms. The zero-order valence-electron chi connectivity index (χ0n) is 10.2. The van der Waals surface area contributed by atoms with Crippen molar-refractivity contribution >= 4 is 29.8 Å². The average molecular weight is 254 g/mol. The summed E-state index contributed by atoms with van der Waals surface area (Å²) in [5, 5.41) is 0.996. The number of carbonyl (C=O) groups excluding carboxylic acids is 1. The topological polar surface area (TPSA) is 17.1 Å². The molecule has 16 heavy (non-hydrogen) atoms. The molecular formula is C13H18OS2. The van der Waals surface area contributed by atoms with Crippen molar-refractivity contribution in [1.82, 2.24) is 0 Å². The second kappa shape index (κ2) is 6.36. The normalized spacial score (nSPS) is 11.1. The second-order valence-electron chi connectivity index (χ2n) is 4.12. The Morgan fingerprint density at radius 2 is 1.44 bits per heavy atom. The van der Waals surface area contributed by atoms with Crippen LogP contribution in [0.15, 0.2) is 28.0 Å². The quantitative estimate of drug-likeness (QED) is 0.569. The van der Waals surface area contributed by atoms with E-state index in [2.05, 4.69) is 27.7 Å². The maximum absolute atomic E-state index is 11.2. The zero-order valence-corrected chi connectivity index (χ0v) is 11.8. The van der Waals surface area contributed by atoms with Gasteiger partial charge in [-0.2, -0.15) is 0 Å². The molecule has 0 spiro atoms. The van der Waals surface area contributed by atoms with Gasteiger partial charge in [0.2, 0.25) is 0 Å². The summed E-state index contributed by atoms with van der Waals surface area (Å²) in [6.45, 7) is 8.56. The summed E-state index contributed by atoms with van der Waals surface area (Å²) in [5.74, 6) is 0. The number of carbonyl (C=O) groups is 1. The standard InChI is InChI=1S/C13H18OS2/c1-9(2)15-12-6-5-7-13(11(12)8-14)16-10(3)4/h5-10H,1-4H3. The van der Waals surface area contributed by atoms with E-state index >= 15 is 0 Å². The van der Waals surface area contributed by atoms with Gasteiger partial charge in [0.25, 0.3) is 0 Å². The van der Waals surface area contributed by atoms with Crippen LogP contribution in [0.5, 0.6) is 0 Å². The van der Waals surface area contributed by atoms with Gasteiger partial charge in [0.05, 0.1) is 0 Å². The van der Waals surface area contributed by atoms with E-state index in [0.29, 0.717) is 10.5 Å². The number of hydrogen-bond donors (Lipinski definition) is 0. The van der Waals surface area contributed by atoms with Gasteiger partial charge in [0.1, 0.15) is 0 Å². The molecule has 1 rings (SSSR count). The van der Waals surface area contributed by atoms with Crippen molar-refractivity contribution in [3.8, 4) is 0 Å². The molecule has 1 aromatic carbocycles. The van der Waals surface area contributed by atoms with Gasteiger partial charge in [0, 0.05) is 25.9 Å². The summed E-state index contributed by atoms with van der Waals surface area (Å²) < 4.78 is 0. The molecule has 0 aliphatic rings. The van der Waals surface area contributed by atoms with Crippen LogP contribution < -0.4 is 0 Å². The summed E-state index contributed by atoms with van der Waals surface area (Å²) in [7, 11) is 0. The van der Waals surface area contributed by atoms with Crippen LogP contribution in [-0.2, 0) is 0 Å². The SMILES string of the molecule is CC(C)Sc1cccc(SC(C)C)c1C=O. The Kier molecular flexibility index (Phi) is 5.42. The Morgan fingerprint density at radius 1 is 1.00 bits per heavy atom. The fourth-order valence-corrected chi connectivity index (χ4v) is 3.32. The smallest absolute Gasteiger partial charge is 0.152 e. The van der Waals surface area contributed by atoms with Crippen molar-refractivity contribution in [1.29, 1.82) is 0 Å². The molecule has 0 heterocycles. The predicted molar refractivity (Wildman–Crippen MR) is 73.8 cm³/mol. The van der Waals surface area contributed by atoms with Crippen LogP contribution in [0, 0.1) is 0 Å². The highest BCUT2D eigenvalue weighted by atomic mass is 32.2. The molecule has 0 radical (unpaired) electrons. The molecule has 0 amide bonds. The van der Waals surface area contributed by atoms with Gasteiger partial charge in [-0.3, -0.25) is 4.79 Å². The Bertz CT molecular complexity index is 331. The van der Waals surface area contributed by atoms with Crippen LogP contribution >= 0.6 is 23.5 Å². The van der Waals surface area contributed by atoms with Gasteiger partial charge >= 0.3 is 0 Å². The molecule has 3 heteroatoms. The highest BCUT2D eigenvalue weighted by Crippen LogP contribution is 2.33. The molecule has 88 valence electrons. The molecule has 0 saturated carbocycles. The number of benzene rings is 1. The molecule has 0 unspecified atom stereocenters. The molecule has 0 saturated heterocycles. The minimum absolute atomic E-state index is 0.498. The van der Waals surface area contributed by atoms with E-state index in [0.717, 1.165) is 21.6 Å². The minimum atomic E-state index is 0.498. The third-order valence-electron chi connectivity index (χ3n) is 1.87. The van der Waals surface area contributed by atoms with Crippen molar-refractivity contribution in [2.45, 2.75) is 48.0 Å². The molecule has 1 aromatic rings. The van der Waals surface area contributed by atoms with Crippen LogP contribution in [0.1, 0.15) is 38.1 Å². The van der Waals surface area contributed by atoms with Crippen molar-refractivity contribution in [3.63, 3.8) is 0 Å². The summed E-state index contributed by atoms with van der Waals surface area (Å²) >= 11 is 3.49. The molecule has 0 aromatic heterocycles. The zero-order chi connectivity index (χ0) is 12.1. The fourth-order valence-electron chi connectivity index (χ4n) is 1.35. The van der Waals surface area contributed by atoms with E-state index in [1.807, 2.05) is 18.2 Å². The van der Waals surface area contributed by atoms with E-state index in [-0.39, 0.29) is 0 Å². The first-order chi connectivity index (χ1) is 7.54. The van der Waals surface area contributed by atoms with Crippen molar-refractivity contribution in [2.24, 2.45) is 0 Å². The van der Waals surface area contributed by atoms with E-state index in [9.17, 15) is 4.79 Å². The van der Waals surface area contributed by atoms with Gasteiger partial charge in [0.15, 0.2) is 6.29 Å². The Morgan fingerprint density at radius 3 is 1.75 bits per heavy atom. The van der Waals surface area contributed by atoms with Crippen LogP contribution in [0.2, 0.25) is 0 Å². The molecule has 1 nitrogen and oxygen atoms in total. The second-order valence-corrected chi connectivity index (χ2v) is 7.36. The molecule has 0 N–H and O–H groups in total. The Balaban J connectivity index is 3.05. The lowest BCUT2D eigenvalue weighted by Crippen LogP contribution is -1.95. The summed E-state index contributed by atoms with van der Waals surface area (Å²) in [6, 6.07) is 6.08. The fraction of sp³-hybridized carbons (Fsp3) is 0.462. The molecule has 0 atom stereocenters. The monoisotopic (exact) mass is 254 g/mol. The van der Waals surface area contributed by atoms with Gasteiger partial charge in [-0.1, -0.05) is 33.8 Å². The van der Waals surface area contributed by atoms with E-state index in [1.54, 1.807) is 23.5 Å². The average Bonchev–Trinajstić information content (AvgIpc) is 2.16. The van der Waals surface area contributed by atoms with E-state index < -0.39 is 0 Å². The van der Waals surface area contributed by atoms with Gasteiger partial charge in [-0.15, -0.1) is 23.5 Å². The molecular weight excluding hydrogens is 236 g/mol. The first kappa shape index (κ1) is 13.7. The van der Waals surface area contributed by atoms with Crippen LogP contribution in [-0.4, -0.2) is 16.8 Å². The molecule has 0 fully saturated rings. The highest BCUT2D eigenvalue weighted by Gasteiger charge is 2.11.